The first-order valence-corrected chi connectivity index (χ1v) is 11.7. The Morgan fingerprint density at radius 1 is 1.09 bits per heavy atom. The van der Waals surface area contributed by atoms with Crippen LogP contribution in [0.25, 0.3) is 0 Å². The van der Waals surface area contributed by atoms with E-state index in [-0.39, 0.29) is 36.7 Å². The molecule has 4 rings (SSSR count). The Morgan fingerprint density at radius 3 is 2.65 bits per heavy atom. The van der Waals surface area contributed by atoms with Crippen LogP contribution in [0.15, 0.2) is 66.0 Å². The van der Waals surface area contributed by atoms with Gasteiger partial charge in [-0.2, -0.15) is 0 Å². The number of rotatable bonds is 9. The summed E-state index contributed by atoms with van der Waals surface area (Å²) in [7, 11) is 1.56. The number of methoxy groups -OCH3 is 1. The summed E-state index contributed by atoms with van der Waals surface area (Å²) >= 11 is 1.58. The molecule has 1 aromatic heterocycles. The molecular formula is C25H25N3O5S. The molecule has 1 aliphatic rings. The highest BCUT2D eigenvalue weighted by atomic mass is 32.1. The van der Waals surface area contributed by atoms with Crippen LogP contribution >= 0.6 is 11.3 Å². The summed E-state index contributed by atoms with van der Waals surface area (Å²) in [6.07, 6.45) is 0.180. The lowest BCUT2D eigenvalue weighted by Gasteiger charge is -2.17. The molecule has 176 valence electrons. The number of hydrogen-bond acceptors (Lipinski definition) is 6. The third-order valence-corrected chi connectivity index (χ3v) is 6.26. The van der Waals surface area contributed by atoms with E-state index in [4.69, 9.17) is 9.47 Å². The second kappa shape index (κ2) is 10.8. The normalized spacial score (nSPS) is 15.1. The summed E-state index contributed by atoms with van der Waals surface area (Å²) in [5.74, 6) is 0.246. The first-order valence-electron chi connectivity index (χ1n) is 10.8. The summed E-state index contributed by atoms with van der Waals surface area (Å²) in [4.78, 5) is 39.8. The van der Waals surface area contributed by atoms with Crippen molar-refractivity contribution < 1.29 is 23.9 Å². The van der Waals surface area contributed by atoms with E-state index in [1.54, 1.807) is 71.9 Å². The van der Waals surface area contributed by atoms with Crippen LogP contribution in [0.5, 0.6) is 11.5 Å². The van der Waals surface area contributed by atoms with Gasteiger partial charge in [-0.25, -0.2) is 0 Å². The molecule has 1 aliphatic heterocycles. The molecule has 2 N–H and O–H groups in total. The van der Waals surface area contributed by atoms with E-state index in [0.717, 1.165) is 4.88 Å². The van der Waals surface area contributed by atoms with Gasteiger partial charge >= 0.3 is 0 Å². The molecule has 1 atom stereocenters. The monoisotopic (exact) mass is 479 g/mol. The van der Waals surface area contributed by atoms with Crippen LogP contribution in [0.1, 0.15) is 11.3 Å². The zero-order chi connectivity index (χ0) is 23.9. The van der Waals surface area contributed by atoms with Crippen LogP contribution in [-0.2, 0) is 20.9 Å². The molecule has 0 aliphatic carbocycles. The van der Waals surface area contributed by atoms with Gasteiger partial charge in [-0.1, -0.05) is 12.1 Å². The summed E-state index contributed by atoms with van der Waals surface area (Å²) < 4.78 is 10.7. The van der Waals surface area contributed by atoms with Gasteiger partial charge in [0, 0.05) is 35.3 Å². The Hall–Kier alpha value is -3.85. The van der Waals surface area contributed by atoms with Crippen molar-refractivity contribution in [2.24, 2.45) is 5.92 Å². The first-order chi connectivity index (χ1) is 16.5. The predicted molar refractivity (Wildman–Crippen MR) is 130 cm³/mol. The van der Waals surface area contributed by atoms with Crippen molar-refractivity contribution in [1.82, 2.24) is 5.32 Å². The zero-order valence-electron chi connectivity index (χ0n) is 18.7. The molecule has 34 heavy (non-hydrogen) atoms. The van der Waals surface area contributed by atoms with Crippen molar-refractivity contribution in [2.75, 3.05) is 30.5 Å². The maximum atomic E-state index is 12.5. The molecular weight excluding hydrogens is 454 g/mol. The molecule has 9 heteroatoms. The topological polar surface area (TPSA) is 97.0 Å². The van der Waals surface area contributed by atoms with Crippen LogP contribution in [-0.4, -0.2) is 38.0 Å². The van der Waals surface area contributed by atoms with E-state index in [0.29, 0.717) is 36.0 Å². The second-order valence-corrected chi connectivity index (χ2v) is 8.80. The molecule has 2 aromatic carbocycles. The van der Waals surface area contributed by atoms with Crippen LogP contribution in [0.3, 0.4) is 0 Å². The van der Waals surface area contributed by atoms with Crippen molar-refractivity contribution in [3.8, 4) is 11.5 Å². The maximum absolute atomic E-state index is 12.5. The fourth-order valence-electron chi connectivity index (χ4n) is 3.63. The van der Waals surface area contributed by atoms with E-state index in [9.17, 15) is 14.4 Å². The molecule has 0 bridgehead atoms. The molecule has 0 saturated carbocycles. The van der Waals surface area contributed by atoms with Gasteiger partial charge in [0.15, 0.2) is 6.61 Å². The summed E-state index contributed by atoms with van der Waals surface area (Å²) in [5, 5.41) is 7.62. The molecule has 8 nitrogen and oxygen atoms in total. The number of thiophene rings is 1. The smallest absolute Gasteiger partial charge is 0.262 e. The molecule has 0 unspecified atom stereocenters. The van der Waals surface area contributed by atoms with Crippen molar-refractivity contribution in [2.45, 2.75) is 13.0 Å². The van der Waals surface area contributed by atoms with Crippen molar-refractivity contribution in [3.63, 3.8) is 0 Å². The minimum atomic E-state index is -0.385. The van der Waals surface area contributed by atoms with E-state index in [2.05, 4.69) is 10.6 Å². The van der Waals surface area contributed by atoms with Gasteiger partial charge in [-0.15, -0.1) is 11.3 Å². The van der Waals surface area contributed by atoms with Crippen LogP contribution in [0, 0.1) is 5.92 Å². The second-order valence-electron chi connectivity index (χ2n) is 7.77. The van der Waals surface area contributed by atoms with Gasteiger partial charge in [-0.3, -0.25) is 14.4 Å². The molecule has 0 radical (unpaired) electrons. The zero-order valence-corrected chi connectivity index (χ0v) is 19.5. The largest absolute Gasteiger partial charge is 0.497 e. The SMILES string of the molecule is COc1cccc(NC(=O)COc2ccc(N3C[C@@H](C(=O)NCc4cccs4)CC3=O)cc2)c1. The quantitative estimate of drug-likeness (QED) is 0.490. The third-order valence-electron chi connectivity index (χ3n) is 5.38. The number of carbonyl (C=O) groups excluding carboxylic acids is 3. The number of nitrogens with one attached hydrogen (secondary N) is 2. The van der Waals surface area contributed by atoms with Gasteiger partial charge in [0.25, 0.3) is 5.91 Å². The summed E-state index contributed by atoms with van der Waals surface area (Å²) in [5.41, 5.74) is 1.30. The van der Waals surface area contributed by atoms with Gasteiger partial charge in [0.2, 0.25) is 11.8 Å². The van der Waals surface area contributed by atoms with Gasteiger partial charge in [0.1, 0.15) is 11.5 Å². The van der Waals surface area contributed by atoms with Crippen molar-refractivity contribution >= 4 is 40.4 Å². The Kier molecular flexibility index (Phi) is 7.44. The average molecular weight is 480 g/mol. The number of hydrogen-bond donors (Lipinski definition) is 2. The van der Waals surface area contributed by atoms with Crippen LogP contribution in [0.4, 0.5) is 11.4 Å². The number of carbonyl (C=O) groups is 3. The number of ether oxygens (including phenoxy) is 2. The van der Waals surface area contributed by atoms with Crippen molar-refractivity contribution in [1.29, 1.82) is 0 Å². The lowest BCUT2D eigenvalue weighted by atomic mass is 10.1. The molecule has 1 saturated heterocycles. The van der Waals surface area contributed by atoms with Gasteiger partial charge in [-0.05, 0) is 47.8 Å². The first kappa shape index (κ1) is 23.3. The summed E-state index contributed by atoms with van der Waals surface area (Å²) in [6.45, 7) is 0.641. The maximum Gasteiger partial charge on any atom is 0.262 e. The molecule has 0 spiro atoms. The number of anilines is 2. The number of benzene rings is 2. The average Bonchev–Trinajstić information content (AvgIpc) is 3.51. The van der Waals surface area contributed by atoms with Crippen LogP contribution < -0.4 is 25.0 Å². The predicted octanol–water partition coefficient (Wildman–Crippen LogP) is 3.44. The Bertz CT molecular complexity index is 1150. The standard InChI is InChI=1S/C25H25N3O5S/c1-32-21-5-2-4-18(13-21)27-23(29)16-33-20-9-7-19(8-10-20)28-15-17(12-24(28)30)25(31)26-14-22-6-3-11-34-22/h2-11,13,17H,12,14-16H2,1H3,(H,26,31)(H,27,29)/t17-/m0/s1. The Morgan fingerprint density at radius 2 is 1.91 bits per heavy atom. The minimum absolute atomic E-state index is 0.0948. The van der Waals surface area contributed by atoms with E-state index in [1.807, 2.05) is 17.5 Å². The Labute approximate surface area is 201 Å². The fourth-order valence-corrected chi connectivity index (χ4v) is 4.28. The highest BCUT2D eigenvalue weighted by Crippen LogP contribution is 2.27. The molecule has 3 amide bonds. The highest BCUT2D eigenvalue weighted by Gasteiger charge is 2.35. The lowest BCUT2D eigenvalue weighted by molar-refractivity contribution is -0.126. The lowest BCUT2D eigenvalue weighted by Crippen LogP contribution is -2.32. The third kappa shape index (κ3) is 5.93. The molecule has 1 fully saturated rings. The minimum Gasteiger partial charge on any atom is -0.497 e. The Balaban J connectivity index is 1.26. The van der Waals surface area contributed by atoms with Crippen molar-refractivity contribution in [3.05, 3.63) is 70.9 Å². The summed E-state index contributed by atoms with van der Waals surface area (Å²) in [6, 6.07) is 17.9. The van der Waals surface area contributed by atoms with E-state index < -0.39 is 0 Å². The van der Waals surface area contributed by atoms with Crippen LogP contribution in [0.2, 0.25) is 0 Å². The van der Waals surface area contributed by atoms with Gasteiger partial charge in [0.05, 0.1) is 19.6 Å². The number of amides is 3. The van der Waals surface area contributed by atoms with E-state index >= 15 is 0 Å². The van der Waals surface area contributed by atoms with Gasteiger partial charge < -0.3 is 25.0 Å². The fraction of sp³-hybridized carbons (Fsp3) is 0.240. The number of nitrogens with zero attached hydrogens (tertiary/aromatic N) is 1. The molecule has 2 heterocycles. The molecule has 3 aromatic rings. The van der Waals surface area contributed by atoms with E-state index in [1.165, 1.54) is 0 Å². The highest BCUT2D eigenvalue weighted by molar-refractivity contribution is 7.09.